The molecule has 6 heteroatoms. The number of hydrogen-bond acceptors (Lipinski definition) is 5. The van der Waals surface area contributed by atoms with Gasteiger partial charge in [-0.1, -0.05) is 13.0 Å². The van der Waals surface area contributed by atoms with E-state index < -0.39 is 4.92 Å². The normalized spacial score (nSPS) is 10.5. The van der Waals surface area contributed by atoms with Crippen LogP contribution in [0.15, 0.2) is 18.2 Å². The first kappa shape index (κ1) is 12.4. The molecule has 0 aliphatic carbocycles. The molecule has 1 aromatic carbocycles. The van der Waals surface area contributed by atoms with Crippen LogP contribution in [0.5, 0.6) is 0 Å². The number of benzene rings is 1. The fraction of sp³-hybridized carbons (Fsp3) is 0.400. The van der Waals surface area contributed by atoms with E-state index in [1.54, 1.807) is 12.1 Å². The zero-order chi connectivity index (χ0) is 12.1. The first-order valence-corrected chi connectivity index (χ1v) is 5.01. The molecule has 0 saturated carbocycles. The third kappa shape index (κ3) is 2.91. The molecule has 0 aromatic heterocycles. The second-order valence-corrected chi connectivity index (χ2v) is 3.58. The van der Waals surface area contributed by atoms with E-state index in [1.165, 1.54) is 0 Å². The lowest BCUT2D eigenvalue weighted by molar-refractivity contribution is -0.384. The van der Waals surface area contributed by atoms with Crippen molar-refractivity contribution in [2.45, 2.75) is 13.5 Å². The van der Waals surface area contributed by atoms with Gasteiger partial charge < -0.3 is 10.3 Å². The van der Waals surface area contributed by atoms with Crippen molar-refractivity contribution in [1.29, 1.82) is 0 Å². The molecular formula is C10H16N4O2. The van der Waals surface area contributed by atoms with Crippen molar-refractivity contribution < 1.29 is 4.92 Å². The zero-order valence-electron chi connectivity index (χ0n) is 9.43. The molecule has 3 N–H and O–H groups in total. The number of nitrogens with zero attached hydrogens (tertiary/aromatic N) is 2. The van der Waals surface area contributed by atoms with E-state index in [-0.39, 0.29) is 5.69 Å². The number of nitrogens with two attached hydrogens (primary N) is 1. The van der Waals surface area contributed by atoms with Gasteiger partial charge >= 0.3 is 0 Å². The maximum atomic E-state index is 10.8. The largest absolute Gasteiger partial charge is 0.318 e. The number of hydrazine groups is 1. The summed E-state index contributed by atoms with van der Waals surface area (Å²) in [7, 11) is 1.96. The van der Waals surface area contributed by atoms with Gasteiger partial charge in [0.15, 0.2) is 0 Å². The van der Waals surface area contributed by atoms with Gasteiger partial charge in [-0.25, -0.2) is 0 Å². The summed E-state index contributed by atoms with van der Waals surface area (Å²) in [6.07, 6.45) is 0. The highest BCUT2D eigenvalue weighted by Gasteiger charge is 2.13. The van der Waals surface area contributed by atoms with Gasteiger partial charge in [0, 0.05) is 12.6 Å². The van der Waals surface area contributed by atoms with Gasteiger partial charge in [0.05, 0.1) is 4.92 Å². The molecule has 6 nitrogen and oxygen atoms in total. The summed E-state index contributed by atoms with van der Waals surface area (Å²) in [4.78, 5) is 12.4. The SMILES string of the molecule is CCN(C)Cc1ccc(NN)c([N+](=O)[O-])c1. The molecule has 0 amide bonds. The molecule has 0 atom stereocenters. The van der Waals surface area contributed by atoms with E-state index >= 15 is 0 Å². The zero-order valence-corrected chi connectivity index (χ0v) is 9.43. The Balaban J connectivity index is 2.97. The molecule has 1 rings (SSSR count). The Morgan fingerprint density at radius 3 is 2.75 bits per heavy atom. The van der Waals surface area contributed by atoms with Crippen LogP contribution in [0.4, 0.5) is 11.4 Å². The predicted molar refractivity (Wildman–Crippen MR) is 62.9 cm³/mol. The van der Waals surface area contributed by atoms with Gasteiger partial charge in [-0.2, -0.15) is 0 Å². The quantitative estimate of drug-likeness (QED) is 0.448. The lowest BCUT2D eigenvalue weighted by atomic mass is 10.1. The molecule has 0 aliphatic rings. The maximum absolute atomic E-state index is 10.8. The minimum Gasteiger partial charge on any atom is -0.318 e. The molecule has 0 bridgehead atoms. The summed E-state index contributed by atoms with van der Waals surface area (Å²) in [6.45, 7) is 3.61. The molecule has 0 aliphatic heterocycles. The van der Waals surface area contributed by atoms with Crippen molar-refractivity contribution in [3.05, 3.63) is 33.9 Å². The Hall–Kier alpha value is -1.66. The molecular weight excluding hydrogens is 208 g/mol. The summed E-state index contributed by atoms with van der Waals surface area (Å²) < 4.78 is 0. The highest BCUT2D eigenvalue weighted by Crippen LogP contribution is 2.24. The molecule has 0 spiro atoms. The second kappa shape index (κ2) is 5.43. The molecule has 0 radical (unpaired) electrons. The van der Waals surface area contributed by atoms with Crippen LogP contribution < -0.4 is 11.3 Å². The van der Waals surface area contributed by atoms with Crippen LogP contribution in [-0.4, -0.2) is 23.4 Å². The Morgan fingerprint density at radius 1 is 1.56 bits per heavy atom. The van der Waals surface area contributed by atoms with Gasteiger partial charge in [-0.05, 0) is 25.2 Å². The Kier molecular flexibility index (Phi) is 4.21. The van der Waals surface area contributed by atoms with Crippen LogP contribution in [0.1, 0.15) is 12.5 Å². The monoisotopic (exact) mass is 224 g/mol. The molecule has 1 aromatic rings. The van der Waals surface area contributed by atoms with Crippen LogP contribution in [-0.2, 0) is 6.54 Å². The minimum absolute atomic E-state index is 0.00417. The summed E-state index contributed by atoms with van der Waals surface area (Å²) in [5, 5.41) is 10.8. The lowest BCUT2D eigenvalue weighted by Crippen LogP contribution is -2.17. The first-order chi connectivity index (χ1) is 7.58. The Labute approximate surface area is 94.2 Å². The van der Waals surface area contributed by atoms with Crippen molar-refractivity contribution in [2.75, 3.05) is 19.0 Å². The van der Waals surface area contributed by atoms with E-state index in [4.69, 9.17) is 5.84 Å². The van der Waals surface area contributed by atoms with Crippen LogP contribution in [0.3, 0.4) is 0 Å². The van der Waals surface area contributed by atoms with E-state index in [2.05, 4.69) is 10.3 Å². The highest BCUT2D eigenvalue weighted by molar-refractivity contribution is 5.61. The summed E-state index contributed by atoms with van der Waals surface area (Å²) in [5.41, 5.74) is 3.55. The van der Waals surface area contributed by atoms with Gasteiger partial charge in [0.1, 0.15) is 5.69 Å². The van der Waals surface area contributed by atoms with E-state index in [1.807, 2.05) is 20.0 Å². The molecule has 0 heterocycles. The minimum atomic E-state index is -0.440. The molecule has 0 saturated heterocycles. The van der Waals surface area contributed by atoms with Crippen molar-refractivity contribution in [3.8, 4) is 0 Å². The number of hydrogen-bond donors (Lipinski definition) is 2. The van der Waals surface area contributed by atoms with Crippen LogP contribution >= 0.6 is 0 Å². The predicted octanol–water partition coefficient (Wildman–Crippen LogP) is 1.33. The van der Waals surface area contributed by atoms with Gasteiger partial charge in [0.25, 0.3) is 5.69 Å². The van der Waals surface area contributed by atoms with E-state index in [0.717, 1.165) is 12.1 Å². The molecule has 16 heavy (non-hydrogen) atoms. The van der Waals surface area contributed by atoms with Crippen LogP contribution in [0.25, 0.3) is 0 Å². The van der Waals surface area contributed by atoms with Crippen molar-refractivity contribution in [3.63, 3.8) is 0 Å². The van der Waals surface area contributed by atoms with Gasteiger partial charge in [-0.15, -0.1) is 0 Å². The first-order valence-electron chi connectivity index (χ1n) is 5.01. The standard InChI is InChI=1S/C10H16N4O2/c1-3-13(2)7-8-4-5-9(12-11)10(6-8)14(15)16/h4-6,12H,3,7,11H2,1-2H3. The number of nitro groups is 1. The summed E-state index contributed by atoms with van der Waals surface area (Å²) in [6, 6.07) is 4.99. The van der Waals surface area contributed by atoms with E-state index in [9.17, 15) is 10.1 Å². The van der Waals surface area contributed by atoms with Crippen molar-refractivity contribution in [1.82, 2.24) is 4.90 Å². The molecule has 0 unspecified atom stereocenters. The average molecular weight is 224 g/mol. The molecule has 0 fully saturated rings. The van der Waals surface area contributed by atoms with Gasteiger partial charge in [-0.3, -0.25) is 16.0 Å². The lowest BCUT2D eigenvalue weighted by Gasteiger charge is -2.14. The van der Waals surface area contributed by atoms with Gasteiger partial charge in [0.2, 0.25) is 0 Å². The molecule has 88 valence electrons. The number of nitro benzene ring substituents is 1. The Bertz CT molecular complexity index is 381. The fourth-order valence-corrected chi connectivity index (χ4v) is 1.37. The summed E-state index contributed by atoms with van der Waals surface area (Å²) >= 11 is 0. The fourth-order valence-electron chi connectivity index (χ4n) is 1.37. The number of nitrogen functional groups attached to an aromatic ring is 1. The third-order valence-electron chi connectivity index (χ3n) is 2.41. The van der Waals surface area contributed by atoms with Crippen molar-refractivity contribution in [2.24, 2.45) is 5.84 Å². The topological polar surface area (TPSA) is 84.4 Å². The Morgan fingerprint density at radius 2 is 2.25 bits per heavy atom. The van der Waals surface area contributed by atoms with E-state index in [0.29, 0.717) is 12.2 Å². The number of rotatable bonds is 5. The van der Waals surface area contributed by atoms with Crippen LogP contribution in [0, 0.1) is 10.1 Å². The number of anilines is 1. The number of nitrogens with one attached hydrogen (secondary N) is 1. The average Bonchev–Trinajstić information content (AvgIpc) is 2.28. The highest BCUT2D eigenvalue weighted by atomic mass is 16.6. The smallest absolute Gasteiger partial charge is 0.293 e. The van der Waals surface area contributed by atoms with Crippen LogP contribution in [0.2, 0.25) is 0 Å². The second-order valence-electron chi connectivity index (χ2n) is 3.58. The summed E-state index contributed by atoms with van der Waals surface area (Å²) in [5.74, 6) is 5.20. The third-order valence-corrected chi connectivity index (χ3v) is 2.41. The van der Waals surface area contributed by atoms with Crippen molar-refractivity contribution >= 4 is 11.4 Å². The maximum Gasteiger partial charge on any atom is 0.293 e.